The molecule has 1 aliphatic rings. The predicted molar refractivity (Wildman–Crippen MR) is 102 cm³/mol. The van der Waals surface area contributed by atoms with Crippen LogP contribution in [0.2, 0.25) is 0 Å². The van der Waals surface area contributed by atoms with E-state index < -0.39 is 0 Å². The predicted octanol–water partition coefficient (Wildman–Crippen LogP) is 4.42. The average molecular weight is 409 g/mol. The summed E-state index contributed by atoms with van der Waals surface area (Å²) in [6.45, 7) is 4.77. The summed E-state index contributed by atoms with van der Waals surface area (Å²) in [4.78, 5) is 29.9. The molecule has 0 bridgehead atoms. The van der Waals surface area contributed by atoms with Crippen LogP contribution >= 0.6 is 27.7 Å². The summed E-state index contributed by atoms with van der Waals surface area (Å²) >= 11 is 4.89. The molecule has 24 heavy (non-hydrogen) atoms. The lowest BCUT2D eigenvalue weighted by Crippen LogP contribution is -2.28. The Morgan fingerprint density at radius 3 is 2.83 bits per heavy atom. The van der Waals surface area contributed by atoms with Gasteiger partial charge in [-0.25, -0.2) is 4.98 Å². The van der Waals surface area contributed by atoms with E-state index in [-0.39, 0.29) is 16.6 Å². The lowest BCUT2D eigenvalue weighted by molar-refractivity contribution is -0.119. The van der Waals surface area contributed by atoms with Crippen molar-refractivity contribution in [3.63, 3.8) is 0 Å². The summed E-state index contributed by atoms with van der Waals surface area (Å²) in [5.41, 5.74) is 0.662. The first kappa shape index (κ1) is 17.7. The van der Waals surface area contributed by atoms with Crippen molar-refractivity contribution in [2.45, 2.75) is 56.5 Å². The molecule has 128 valence electrons. The lowest BCUT2D eigenvalue weighted by Gasteiger charge is -2.22. The molecule has 0 aliphatic heterocycles. The fraction of sp³-hybridized carbons (Fsp3) is 0.500. The van der Waals surface area contributed by atoms with E-state index in [1.54, 1.807) is 4.57 Å². The smallest absolute Gasteiger partial charge is 0.262 e. The molecule has 0 amide bonds. The van der Waals surface area contributed by atoms with E-state index in [2.05, 4.69) is 29.8 Å². The first-order valence-electron chi connectivity index (χ1n) is 8.35. The molecule has 2 aromatic rings. The highest BCUT2D eigenvalue weighted by atomic mass is 79.9. The first-order chi connectivity index (χ1) is 11.5. The number of nitrogens with zero attached hydrogens (tertiary/aromatic N) is 2. The topological polar surface area (TPSA) is 52.0 Å². The molecule has 0 spiro atoms. The normalized spacial score (nSPS) is 18.5. The van der Waals surface area contributed by atoms with Gasteiger partial charge in [0.1, 0.15) is 5.78 Å². The van der Waals surface area contributed by atoms with Gasteiger partial charge in [-0.05, 0) is 37.0 Å². The molecule has 1 aromatic heterocycles. The van der Waals surface area contributed by atoms with Crippen molar-refractivity contribution in [3.05, 3.63) is 33.0 Å². The van der Waals surface area contributed by atoms with Gasteiger partial charge in [0.15, 0.2) is 5.16 Å². The van der Waals surface area contributed by atoms with E-state index in [0.29, 0.717) is 34.9 Å². The van der Waals surface area contributed by atoms with Crippen molar-refractivity contribution in [2.24, 2.45) is 5.92 Å². The van der Waals surface area contributed by atoms with Crippen LogP contribution in [0.3, 0.4) is 0 Å². The molecule has 6 heteroatoms. The number of carbonyl (C=O) groups excluding carboxylic acids is 1. The van der Waals surface area contributed by atoms with E-state index in [1.165, 1.54) is 11.8 Å². The highest BCUT2D eigenvalue weighted by molar-refractivity contribution is 9.10. The molecule has 1 atom stereocenters. The Balaban J connectivity index is 2.08. The molecule has 1 aliphatic carbocycles. The Labute approximate surface area is 154 Å². The summed E-state index contributed by atoms with van der Waals surface area (Å²) < 4.78 is 2.61. The minimum Gasteiger partial charge on any atom is -0.298 e. The van der Waals surface area contributed by atoms with E-state index in [4.69, 9.17) is 4.98 Å². The average Bonchev–Trinajstić information content (AvgIpc) is 2.54. The molecular weight excluding hydrogens is 388 g/mol. The van der Waals surface area contributed by atoms with Crippen LogP contribution in [0.5, 0.6) is 0 Å². The maximum absolute atomic E-state index is 13.0. The number of carbonyl (C=O) groups is 1. The second-order valence-corrected chi connectivity index (χ2v) is 8.77. The summed E-state index contributed by atoms with van der Waals surface area (Å²) in [6, 6.07) is 5.57. The number of benzene rings is 1. The third-order valence-electron chi connectivity index (χ3n) is 4.18. The number of ketones is 1. The number of halogens is 1. The van der Waals surface area contributed by atoms with Crippen LogP contribution < -0.4 is 5.56 Å². The van der Waals surface area contributed by atoms with Gasteiger partial charge in [-0.2, -0.15) is 0 Å². The molecule has 1 heterocycles. The number of hydrogen-bond donors (Lipinski definition) is 0. The number of hydrogen-bond acceptors (Lipinski definition) is 4. The number of rotatable bonds is 4. The number of thioether (sulfide) groups is 1. The lowest BCUT2D eigenvalue weighted by atomic mass is 9.99. The maximum Gasteiger partial charge on any atom is 0.262 e. The SMILES string of the molecule is CC(C)Cn1c(SC2CCCCC2=O)nc2ccc(Br)cc2c1=O. The molecule has 1 saturated carbocycles. The van der Waals surface area contributed by atoms with Crippen LogP contribution in [-0.2, 0) is 11.3 Å². The minimum absolute atomic E-state index is 0.0271. The summed E-state index contributed by atoms with van der Waals surface area (Å²) in [5.74, 6) is 0.614. The van der Waals surface area contributed by atoms with Gasteiger partial charge < -0.3 is 0 Å². The minimum atomic E-state index is -0.0723. The monoisotopic (exact) mass is 408 g/mol. The second-order valence-electron chi connectivity index (χ2n) is 6.68. The Hall–Kier alpha value is -1.14. The highest BCUT2D eigenvalue weighted by Gasteiger charge is 2.25. The third-order valence-corrected chi connectivity index (χ3v) is 5.97. The number of fused-ring (bicyclic) bond motifs is 1. The van der Waals surface area contributed by atoms with Crippen LogP contribution in [0.1, 0.15) is 39.5 Å². The van der Waals surface area contributed by atoms with Gasteiger partial charge in [0.2, 0.25) is 0 Å². The van der Waals surface area contributed by atoms with Gasteiger partial charge in [0, 0.05) is 17.4 Å². The van der Waals surface area contributed by atoms with Crippen LogP contribution in [0.25, 0.3) is 10.9 Å². The summed E-state index contributed by atoms with van der Waals surface area (Å²) in [7, 11) is 0. The quantitative estimate of drug-likeness (QED) is 0.702. The second kappa shape index (κ2) is 7.40. The van der Waals surface area contributed by atoms with Gasteiger partial charge in [-0.3, -0.25) is 14.2 Å². The molecule has 4 nitrogen and oxygen atoms in total. The summed E-state index contributed by atoms with van der Waals surface area (Å²) in [5, 5.41) is 1.21. The maximum atomic E-state index is 13.0. The standard InChI is InChI=1S/C18H21BrN2O2S/c1-11(2)10-21-17(23)13-9-12(19)7-8-14(13)20-18(21)24-16-6-4-3-5-15(16)22/h7-9,11,16H,3-6,10H2,1-2H3. The van der Waals surface area contributed by atoms with Crippen LogP contribution in [0.15, 0.2) is 32.6 Å². The Morgan fingerprint density at radius 1 is 1.33 bits per heavy atom. The van der Waals surface area contributed by atoms with Gasteiger partial charge >= 0.3 is 0 Å². The molecule has 1 unspecified atom stereocenters. The largest absolute Gasteiger partial charge is 0.298 e. The molecule has 0 N–H and O–H groups in total. The van der Waals surface area contributed by atoms with Crippen molar-refractivity contribution in [1.29, 1.82) is 0 Å². The first-order valence-corrected chi connectivity index (χ1v) is 10.0. The van der Waals surface area contributed by atoms with Gasteiger partial charge in [0.05, 0.1) is 16.2 Å². The van der Waals surface area contributed by atoms with Gasteiger partial charge in [-0.1, -0.05) is 48.0 Å². The molecule has 3 rings (SSSR count). The fourth-order valence-electron chi connectivity index (χ4n) is 2.99. The van der Waals surface area contributed by atoms with E-state index in [0.717, 1.165) is 23.7 Å². The molecule has 1 aromatic carbocycles. The van der Waals surface area contributed by atoms with Crippen LogP contribution in [0.4, 0.5) is 0 Å². The zero-order valence-electron chi connectivity index (χ0n) is 13.9. The highest BCUT2D eigenvalue weighted by Crippen LogP contribution is 2.31. The number of Topliss-reactive ketones (excluding diaryl/α,β-unsaturated/α-hetero) is 1. The Morgan fingerprint density at radius 2 is 2.12 bits per heavy atom. The molecule has 1 fully saturated rings. The van der Waals surface area contributed by atoms with Crippen LogP contribution in [0, 0.1) is 5.92 Å². The van der Waals surface area contributed by atoms with Crippen molar-refractivity contribution in [2.75, 3.05) is 0 Å². The van der Waals surface area contributed by atoms with Crippen molar-refractivity contribution in [1.82, 2.24) is 9.55 Å². The van der Waals surface area contributed by atoms with Crippen molar-refractivity contribution >= 4 is 44.4 Å². The van der Waals surface area contributed by atoms with Crippen LogP contribution in [-0.4, -0.2) is 20.6 Å². The third kappa shape index (κ3) is 3.75. The Kier molecular flexibility index (Phi) is 5.45. The van der Waals surface area contributed by atoms with Crippen molar-refractivity contribution < 1.29 is 4.79 Å². The molecule has 0 saturated heterocycles. The molecular formula is C18H21BrN2O2S. The van der Waals surface area contributed by atoms with Gasteiger partial charge in [0.25, 0.3) is 5.56 Å². The zero-order valence-corrected chi connectivity index (χ0v) is 16.3. The van der Waals surface area contributed by atoms with Crippen molar-refractivity contribution in [3.8, 4) is 0 Å². The Bertz CT molecular complexity index is 832. The molecule has 0 radical (unpaired) electrons. The van der Waals surface area contributed by atoms with E-state index >= 15 is 0 Å². The fourth-order valence-corrected chi connectivity index (χ4v) is 4.58. The van der Waals surface area contributed by atoms with E-state index in [1.807, 2.05) is 18.2 Å². The van der Waals surface area contributed by atoms with E-state index in [9.17, 15) is 9.59 Å². The summed E-state index contributed by atoms with van der Waals surface area (Å²) in [6.07, 6.45) is 3.57. The van der Waals surface area contributed by atoms with Gasteiger partial charge in [-0.15, -0.1) is 0 Å². The zero-order chi connectivity index (χ0) is 17.3. The number of aromatic nitrogens is 2.